The lowest BCUT2D eigenvalue weighted by Gasteiger charge is -2.37. The van der Waals surface area contributed by atoms with E-state index in [9.17, 15) is 9.59 Å². The lowest BCUT2D eigenvalue weighted by molar-refractivity contribution is -0.139. The number of amides is 1. The minimum absolute atomic E-state index is 0.0875. The number of benzene rings is 2. The molecule has 0 saturated carbocycles. The summed E-state index contributed by atoms with van der Waals surface area (Å²) < 4.78 is 10.7. The third-order valence-electron chi connectivity index (χ3n) is 4.90. The summed E-state index contributed by atoms with van der Waals surface area (Å²) in [5, 5.41) is 11.7. The molecule has 6 heteroatoms. The summed E-state index contributed by atoms with van der Waals surface area (Å²) in [5.74, 6) is -0.743. The number of anilines is 1. The van der Waals surface area contributed by atoms with Crippen LogP contribution in [0.3, 0.4) is 0 Å². The smallest absolute Gasteiger partial charge is 0.341 e. The van der Waals surface area contributed by atoms with E-state index in [1.165, 1.54) is 0 Å². The number of aryl methyl sites for hydroxylation is 1. The molecule has 0 atom stereocenters. The summed E-state index contributed by atoms with van der Waals surface area (Å²) in [5.41, 5.74) is 2.01. The van der Waals surface area contributed by atoms with E-state index >= 15 is 0 Å². The Morgan fingerprint density at radius 1 is 1.15 bits per heavy atom. The number of aliphatic carboxylic acids is 1. The van der Waals surface area contributed by atoms with Gasteiger partial charge in [-0.1, -0.05) is 30.3 Å². The Labute approximate surface area is 158 Å². The zero-order chi connectivity index (χ0) is 19.3. The Balaban J connectivity index is 1.85. The van der Waals surface area contributed by atoms with Crippen molar-refractivity contribution in [1.82, 2.24) is 0 Å². The van der Waals surface area contributed by atoms with Crippen LogP contribution in [0.1, 0.15) is 24.0 Å². The Bertz CT molecular complexity index is 827. The van der Waals surface area contributed by atoms with Gasteiger partial charge in [0.15, 0.2) is 6.61 Å². The van der Waals surface area contributed by atoms with Crippen molar-refractivity contribution in [1.29, 1.82) is 0 Å². The van der Waals surface area contributed by atoms with Gasteiger partial charge >= 0.3 is 5.97 Å². The summed E-state index contributed by atoms with van der Waals surface area (Å²) in [4.78, 5) is 24.0. The number of hydrogen-bond donors (Lipinski definition) is 2. The fourth-order valence-electron chi connectivity index (χ4n) is 3.51. The first-order valence-corrected chi connectivity index (χ1v) is 8.91. The Kier molecular flexibility index (Phi) is 5.76. The first-order chi connectivity index (χ1) is 13.0. The molecule has 1 amide bonds. The van der Waals surface area contributed by atoms with Crippen LogP contribution in [0, 0.1) is 6.92 Å². The van der Waals surface area contributed by atoms with Gasteiger partial charge in [0.05, 0.1) is 5.41 Å². The largest absolute Gasteiger partial charge is 0.482 e. The number of carbonyl (C=O) groups is 2. The first-order valence-electron chi connectivity index (χ1n) is 8.91. The van der Waals surface area contributed by atoms with E-state index in [-0.39, 0.29) is 5.91 Å². The summed E-state index contributed by atoms with van der Waals surface area (Å²) >= 11 is 0. The van der Waals surface area contributed by atoms with E-state index < -0.39 is 18.0 Å². The van der Waals surface area contributed by atoms with Gasteiger partial charge in [-0.2, -0.15) is 0 Å². The number of nitrogens with one attached hydrogen (secondary N) is 1. The predicted molar refractivity (Wildman–Crippen MR) is 101 cm³/mol. The molecule has 1 saturated heterocycles. The molecule has 0 radical (unpaired) electrons. The van der Waals surface area contributed by atoms with E-state index in [4.69, 9.17) is 14.6 Å². The molecular weight excluding hydrogens is 346 g/mol. The van der Waals surface area contributed by atoms with E-state index in [0.717, 1.165) is 11.1 Å². The number of ether oxygens (including phenoxy) is 2. The van der Waals surface area contributed by atoms with E-state index in [0.29, 0.717) is 37.5 Å². The van der Waals surface area contributed by atoms with Gasteiger partial charge in [0.1, 0.15) is 5.75 Å². The maximum Gasteiger partial charge on any atom is 0.341 e. The molecule has 0 spiro atoms. The highest BCUT2D eigenvalue weighted by molar-refractivity contribution is 5.99. The van der Waals surface area contributed by atoms with Gasteiger partial charge in [-0.3, -0.25) is 4.79 Å². The topological polar surface area (TPSA) is 84.9 Å². The highest BCUT2D eigenvalue weighted by Gasteiger charge is 2.42. The van der Waals surface area contributed by atoms with Crippen LogP contribution in [0.5, 0.6) is 5.75 Å². The van der Waals surface area contributed by atoms with Crippen LogP contribution in [-0.2, 0) is 19.7 Å². The molecule has 2 aromatic carbocycles. The molecule has 2 N–H and O–H groups in total. The van der Waals surface area contributed by atoms with Gasteiger partial charge < -0.3 is 19.9 Å². The normalized spacial score (nSPS) is 15.7. The molecule has 0 aromatic heterocycles. The Morgan fingerprint density at radius 3 is 2.59 bits per heavy atom. The molecule has 1 heterocycles. The number of carboxylic acid groups (broad SMARTS) is 1. The van der Waals surface area contributed by atoms with Crippen molar-refractivity contribution < 1.29 is 24.2 Å². The minimum atomic E-state index is -1.05. The molecule has 1 aliphatic rings. The lowest BCUT2D eigenvalue weighted by Crippen LogP contribution is -2.45. The van der Waals surface area contributed by atoms with Crippen LogP contribution in [0.15, 0.2) is 48.5 Å². The molecule has 2 aromatic rings. The van der Waals surface area contributed by atoms with Gasteiger partial charge in [-0.15, -0.1) is 0 Å². The number of carboxylic acids is 1. The molecule has 27 heavy (non-hydrogen) atoms. The minimum Gasteiger partial charge on any atom is -0.482 e. The standard InChI is InChI=1S/C21H23NO5/c1-15-5-2-3-8-18(15)21(9-11-26-12-10-21)20(25)22-16-6-4-7-17(13-16)27-14-19(23)24/h2-8,13H,9-12,14H2,1H3,(H,22,25)(H,23,24). The second-order valence-electron chi connectivity index (χ2n) is 6.67. The van der Waals surface area contributed by atoms with Crippen molar-refractivity contribution in [2.24, 2.45) is 0 Å². The molecule has 0 unspecified atom stereocenters. The molecule has 0 bridgehead atoms. The molecule has 1 aliphatic heterocycles. The van der Waals surface area contributed by atoms with Gasteiger partial charge in [-0.25, -0.2) is 4.79 Å². The van der Waals surface area contributed by atoms with Crippen LogP contribution >= 0.6 is 0 Å². The fraction of sp³-hybridized carbons (Fsp3) is 0.333. The second-order valence-corrected chi connectivity index (χ2v) is 6.67. The highest BCUT2D eigenvalue weighted by atomic mass is 16.5. The quantitative estimate of drug-likeness (QED) is 0.817. The SMILES string of the molecule is Cc1ccccc1C1(C(=O)Nc2cccc(OCC(=O)O)c2)CCOCC1. The summed E-state index contributed by atoms with van der Waals surface area (Å²) in [6.45, 7) is 2.65. The molecule has 3 rings (SSSR count). The fourth-order valence-corrected chi connectivity index (χ4v) is 3.51. The summed E-state index contributed by atoms with van der Waals surface area (Å²) in [7, 11) is 0. The number of rotatable bonds is 6. The monoisotopic (exact) mass is 369 g/mol. The van der Waals surface area contributed by atoms with Crippen molar-refractivity contribution in [2.75, 3.05) is 25.1 Å². The van der Waals surface area contributed by atoms with Gasteiger partial charge in [0, 0.05) is 25.0 Å². The predicted octanol–water partition coefficient (Wildman–Crippen LogP) is 3.15. The van der Waals surface area contributed by atoms with Crippen molar-refractivity contribution in [3.05, 3.63) is 59.7 Å². The summed E-state index contributed by atoms with van der Waals surface area (Å²) in [6.07, 6.45) is 1.22. The maximum atomic E-state index is 13.3. The second kappa shape index (κ2) is 8.22. The van der Waals surface area contributed by atoms with Crippen molar-refractivity contribution in [3.8, 4) is 5.75 Å². The van der Waals surface area contributed by atoms with Crippen LogP contribution in [0.4, 0.5) is 5.69 Å². The van der Waals surface area contributed by atoms with Crippen molar-refractivity contribution in [3.63, 3.8) is 0 Å². The van der Waals surface area contributed by atoms with Crippen molar-refractivity contribution in [2.45, 2.75) is 25.2 Å². The van der Waals surface area contributed by atoms with Crippen molar-refractivity contribution >= 4 is 17.6 Å². The van der Waals surface area contributed by atoms with E-state index in [1.54, 1.807) is 24.3 Å². The zero-order valence-corrected chi connectivity index (χ0v) is 15.2. The molecule has 1 fully saturated rings. The third-order valence-corrected chi connectivity index (χ3v) is 4.90. The van der Waals surface area contributed by atoms with Crippen LogP contribution in [0.2, 0.25) is 0 Å². The third kappa shape index (κ3) is 4.28. The summed E-state index contributed by atoms with van der Waals surface area (Å²) in [6, 6.07) is 14.7. The Hall–Kier alpha value is -2.86. The van der Waals surface area contributed by atoms with Crippen LogP contribution < -0.4 is 10.1 Å². The molecule has 0 aliphatic carbocycles. The van der Waals surface area contributed by atoms with Gasteiger partial charge in [-0.05, 0) is 43.0 Å². The highest BCUT2D eigenvalue weighted by Crippen LogP contribution is 2.38. The first kappa shape index (κ1) is 18.9. The van der Waals surface area contributed by atoms with Gasteiger partial charge in [0.2, 0.25) is 5.91 Å². The number of hydrogen-bond acceptors (Lipinski definition) is 4. The lowest BCUT2D eigenvalue weighted by atomic mass is 9.71. The van der Waals surface area contributed by atoms with Gasteiger partial charge in [0.25, 0.3) is 0 Å². The average Bonchev–Trinajstić information content (AvgIpc) is 2.67. The molecular formula is C21H23NO5. The number of carbonyl (C=O) groups excluding carboxylic acids is 1. The maximum absolute atomic E-state index is 13.3. The van der Waals surface area contributed by atoms with Crippen LogP contribution in [0.25, 0.3) is 0 Å². The molecule has 142 valence electrons. The van der Waals surface area contributed by atoms with Crippen LogP contribution in [-0.4, -0.2) is 36.8 Å². The molecule has 6 nitrogen and oxygen atoms in total. The average molecular weight is 369 g/mol. The van der Waals surface area contributed by atoms with E-state index in [2.05, 4.69) is 5.32 Å². The van der Waals surface area contributed by atoms with E-state index in [1.807, 2.05) is 31.2 Å². The zero-order valence-electron chi connectivity index (χ0n) is 15.2. The Morgan fingerprint density at radius 2 is 1.89 bits per heavy atom.